The molecule has 1 aliphatic rings. The van der Waals surface area contributed by atoms with Gasteiger partial charge in [0.1, 0.15) is 5.75 Å². The summed E-state index contributed by atoms with van der Waals surface area (Å²) in [4.78, 5) is 19.0. The molecule has 0 aliphatic carbocycles. The molecule has 0 bridgehead atoms. The third-order valence-electron chi connectivity index (χ3n) is 5.11. The smallest absolute Gasteiger partial charge is 0.253 e. The molecule has 1 unspecified atom stereocenters. The lowest BCUT2D eigenvalue weighted by Gasteiger charge is -2.34. The second kappa shape index (κ2) is 8.23. The summed E-state index contributed by atoms with van der Waals surface area (Å²) in [5.41, 5.74) is 3.87. The molecule has 3 aromatic rings. The largest absolute Gasteiger partial charge is 0.494 e. The fourth-order valence-electron chi connectivity index (χ4n) is 3.60. The number of pyridine rings is 1. The van der Waals surface area contributed by atoms with Crippen LogP contribution in [0.25, 0.3) is 11.1 Å². The molecule has 5 heteroatoms. The van der Waals surface area contributed by atoms with Gasteiger partial charge in [-0.15, -0.1) is 0 Å². The molecule has 1 N–H and O–H groups in total. The SMILES string of the molecule is COc1cnccc1-c1ccc(C(=O)N2CCNC(c3ccccc3)C2)cc1. The van der Waals surface area contributed by atoms with Gasteiger partial charge in [-0.2, -0.15) is 0 Å². The number of benzene rings is 2. The Bertz CT molecular complexity index is 942. The average Bonchev–Trinajstić information content (AvgIpc) is 2.79. The Kier molecular flexibility index (Phi) is 5.35. The quantitative estimate of drug-likeness (QED) is 0.760. The van der Waals surface area contributed by atoms with Gasteiger partial charge in [-0.25, -0.2) is 0 Å². The molecule has 1 amide bonds. The lowest BCUT2D eigenvalue weighted by molar-refractivity contribution is 0.0703. The van der Waals surface area contributed by atoms with Crippen molar-refractivity contribution in [3.05, 3.63) is 84.2 Å². The van der Waals surface area contributed by atoms with Crippen molar-refractivity contribution in [1.82, 2.24) is 15.2 Å². The lowest BCUT2D eigenvalue weighted by atomic mass is 10.0. The number of piperazine rings is 1. The summed E-state index contributed by atoms with van der Waals surface area (Å²) in [5.74, 6) is 0.782. The van der Waals surface area contributed by atoms with Crippen molar-refractivity contribution in [3.8, 4) is 16.9 Å². The fourth-order valence-corrected chi connectivity index (χ4v) is 3.60. The highest BCUT2D eigenvalue weighted by molar-refractivity contribution is 5.95. The number of nitrogens with zero attached hydrogens (tertiary/aromatic N) is 2. The van der Waals surface area contributed by atoms with Crippen LogP contribution in [0.15, 0.2) is 73.1 Å². The van der Waals surface area contributed by atoms with Crippen LogP contribution in [0.1, 0.15) is 22.0 Å². The molecule has 0 radical (unpaired) electrons. The topological polar surface area (TPSA) is 54.5 Å². The monoisotopic (exact) mass is 373 g/mol. The Morgan fingerprint density at radius 2 is 1.89 bits per heavy atom. The van der Waals surface area contributed by atoms with E-state index in [4.69, 9.17) is 4.74 Å². The second-order valence-electron chi connectivity index (χ2n) is 6.82. The summed E-state index contributed by atoms with van der Waals surface area (Å²) in [6, 6.07) is 20.0. The number of methoxy groups -OCH3 is 1. The van der Waals surface area contributed by atoms with E-state index >= 15 is 0 Å². The van der Waals surface area contributed by atoms with E-state index in [9.17, 15) is 4.79 Å². The van der Waals surface area contributed by atoms with Crippen LogP contribution in [0.2, 0.25) is 0 Å². The van der Waals surface area contributed by atoms with Gasteiger partial charge in [0.25, 0.3) is 5.91 Å². The number of rotatable bonds is 4. The van der Waals surface area contributed by atoms with Crippen LogP contribution in [0.5, 0.6) is 5.75 Å². The molecule has 0 saturated carbocycles. The van der Waals surface area contributed by atoms with Crippen LogP contribution < -0.4 is 10.1 Å². The first kappa shape index (κ1) is 18.2. The fraction of sp³-hybridized carbons (Fsp3) is 0.217. The van der Waals surface area contributed by atoms with Gasteiger partial charge < -0.3 is 15.0 Å². The summed E-state index contributed by atoms with van der Waals surface area (Å²) in [6.45, 7) is 2.17. The first-order valence-corrected chi connectivity index (χ1v) is 9.42. The predicted molar refractivity (Wildman–Crippen MR) is 109 cm³/mol. The molecule has 1 aromatic heterocycles. The highest BCUT2D eigenvalue weighted by atomic mass is 16.5. The maximum atomic E-state index is 13.0. The van der Waals surface area contributed by atoms with Crippen molar-refractivity contribution in [1.29, 1.82) is 0 Å². The van der Waals surface area contributed by atoms with E-state index in [2.05, 4.69) is 22.4 Å². The van der Waals surface area contributed by atoms with Crippen molar-refractivity contribution in [2.45, 2.75) is 6.04 Å². The van der Waals surface area contributed by atoms with Crippen LogP contribution in [-0.2, 0) is 0 Å². The van der Waals surface area contributed by atoms with Gasteiger partial charge in [0.05, 0.1) is 13.3 Å². The molecular weight excluding hydrogens is 350 g/mol. The second-order valence-corrected chi connectivity index (χ2v) is 6.82. The molecule has 28 heavy (non-hydrogen) atoms. The first-order chi connectivity index (χ1) is 13.8. The maximum Gasteiger partial charge on any atom is 0.253 e. The summed E-state index contributed by atoms with van der Waals surface area (Å²) >= 11 is 0. The Morgan fingerprint density at radius 1 is 1.11 bits per heavy atom. The summed E-state index contributed by atoms with van der Waals surface area (Å²) in [7, 11) is 1.63. The van der Waals surface area contributed by atoms with Crippen LogP contribution >= 0.6 is 0 Å². The first-order valence-electron chi connectivity index (χ1n) is 9.42. The molecule has 1 saturated heterocycles. The standard InChI is InChI=1S/C23H23N3O2/c1-28-22-15-24-12-11-20(22)17-7-9-19(10-8-17)23(27)26-14-13-25-21(16-26)18-5-3-2-4-6-18/h2-12,15,21,25H,13-14,16H2,1H3. The summed E-state index contributed by atoms with van der Waals surface area (Å²) in [5, 5.41) is 3.50. The van der Waals surface area contributed by atoms with Crippen LogP contribution in [0.4, 0.5) is 0 Å². The zero-order valence-corrected chi connectivity index (χ0v) is 15.8. The predicted octanol–water partition coefficient (Wildman–Crippen LogP) is 3.54. The number of ether oxygens (including phenoxy) is 1. The third-order valence-corrected chi connectivity index (χ3v) is 5.11. The normalized spacial score (nSPS) is 16.6. The van der Waals surface area contributed by atoms with E-state index < -0.39 is 0 Å². The number of hydrogen-bond acceptors (Lipinski definition) is 4. The zero-order chi connectivity index (χ0) is 19.3. The van der Waals surface area contributed by atoms with Gasteiger partial charge >= 0.3 is 0 Å². The van der Waals surface area contributed by atoms with E-state index in [1.54, 1.807) is 19.5 Å². The highest BCUT2D eigenvalue weighted by Crippen LogP contribution is 2.29. The average molecular weight is 373 g/mol. The summed E-state index contributed by atoms with van der Waals surface area (Å²) < 4.78 is 5.38. The van der Waals surface area contributed by atoms with E-state index in [1.807, 2.05) is 53.4 Å². The van der Waals surface area contributed by atoms with Gasteiger partial charge in [-0.1, -0.05) is 42.5 Å². The highest BCUT2D eigenvalue weighted by Gasteiger charge is 2.25. The van der Waals surface area contributed by atoms with E-state index in [-0.39, 0.29) is 11.9 Å². The molecule has 1 aliphatic heterocycles. The van der Waals surface area contributed by atoms with Gasteiger partial charge in [-0.05, 0) is 29.3 Å². The van der Waals surface area contributed by atoms with Crippen molar-refractivity contribution in [3.63, 3.8) is 0 Å². The molecule has 4 rings (SSSR count). The van der Waals surface area contributed by atoms with Crippen LogP contribution in [0, 0.1) is 0 Å². The number of amides is 1. The van der Waals surface area contributed by atoms with Crippen molar-refractivity contribution in [2.75, 3.05) is 26.7 Å². The minimum Gasteiger partial charge on any atom is -0.494 e. The Balaban J connectivity index is 1.50. The molecule has 5 nitrogen and oxygen atoms in total. The van der Waals surface area contributed by atoms with Crippen LogP contribution in [-0.4, -0.2) is 42.5 Å². The van der Waals surface area contributed by atoms with Gasteiger partial charge in [0, 0.05) is 43.0 Å². The Hall–Kier alpha value is -3.18. The third kappa shape index (κ3) is 3.75. The van der Waals surface area contributed by atoms with E-state index in [0.29, 0.717) is 18.7 Å². The van der Waals surface area contributed by atoms with E-state index in [1.165, 1.54) is 5.56 Å². The molecule has 2 aromatic carbocycles. The molecule has 2 heterocycles. The minimum absolute atomic E-state index is 0.0654. The minimum atomic E-state index is 0.0654. The van der Waals surface area contributed by atoms with Gasteiger partial charge in [0.2, 0.25) is 0 Å². The maximum absolute atomic E-state index is 13.0. The van der Waals surface area contributed by atoms with Crippen molar-refractivity contribution in [2.24, 2.45) is 0 Å². The summed E-state index contributed by atoms with van der Waals surface area (Å²) in [6.07, 6.45) is 3.43. The number of carbonyl (C=O) groups is 1. The molecule has 1 atom stereocenters. The van der Waals surface area contributed by atoms with Crippen LogP contribution in [0.3, 0.4) is 0 Å². The van der Waals surface area contributed by atoms with Gasteiger partial charge in [-0.3, -0.25) is 9.78 Å². The molecular formula is C23H23N3O2. The number of aromatic nitrogens is 1. The number of nitrogens with one attached hydrogen (secondary N) is 1. The van der Waals surface area contributed by atoms with Crippen molar-refractivity contribution >= 4 is 5.91 Å². The molecule has 0 spiro atoms. The number of carbonyl (C=O) groups excluding carboxylic acids is 1. The van der Waals surface area contributed by atoms with Crippen molar-refractivity contribution < 1.29 is 9.53 Å². The van der Waals surface area contributed by atoms with Gasteiger partial charge in [0.15, 0.2) is 0 Å². The molecule has 1 fully saturated rings. The van der Waals surface area contributed by atoms with E-state index in [0.717, 1.165) is 23.4 Å². The zero-order valence-electron chi connectivity index (χ0n) is 15.8. The Labute approximate surface area is 165 Å². The Morgan fingerprint density at radius 3 is 2.64 bits per heavy atom. The molecule has 142 valence electrons. The lowest BCUT2D eigenvalue weighted by Crippen LogP contribution is -2.48. The number of hydrogen-bond donors (Lipinski definition) is 1.